The Morgan fingerprint density at radius 3 is 2.43 bits per heavy atom. The minimum Gasteiger partial charge on any atom is -0.497 e. The number of aryl methyl sites for hydroxylation is 2. The van der Waals surface area contributed by atoms with Gasteiger partial charge in [-0.15, -0.1) is 0 Å². The van der Waals surface area contributed by atoms with E-state index in [4.69, 9.17) is 9.47 Å². The third-order valence-electron chi connectivity index (χ3n) is 3.75. The van der Waals surface area contributed by atoms with Crippen LogP contribution in [0.25, 0.3) is 0 Å². The summed E-state index contributed by atoms with van der Waals surface area (Å²) >= 11 is 0. The molecule has 0 atom stereocenters. The molecular weight excluding hydrogens is 286 g/mol. The molecule has 1 N–H and O–H groups in total. The molecule has 3 nitrogen and oxygen atoms in total. The molecule has 0 aliphatic carbocycles. The van der Waals surface area contributed by atoms with Crippen LogP contribution in [-0.2, 0) is 6.42 Å². The first-order chi connectivity index (χ1) is 11.3. The van der Waals surface area contributed by atoms with Crippen molar-refractivity contribution in [1.82, 2.24) is 5.32 Å². The van der Waals surface area contributed by atoms with Crippen LogP contribution in [0.1, 0.15) is 24.0 Å². The Labute approximate surface area is 139 Å². The van der Waals surface area contributed by atoms with E-state index < -0.39 is 0 Å². The number of nitrogens with one attached hydrogen (secondary N) is 1. The second-order valence-electron chi connectivity index (χ2n) is 5.72. The van der Waals surface area contributed by atoms with E-state index in [2.05, 4.69) is 36.5 Å². The van der Waals surface area contributed by atoms with Gasteiger partial charge in [-0.25, -0.2) is 0 Å². The molecular formula is C20H27NO2. The lowest BCUT2D eigenvalue weighted by atomic mass is 10.1. The molecule has 23 heavy (non-hydrogen) atoms. The fourth-order valence-electron chi connectivity index (χ4n) is 2.38. The zero-order chi connectivity index (χ0) is 16.3. The lowest BCUT2D eigenvalue weighted by molar-refractivity contribution is 0.306. The van der Waals surface area contributed by atoms with Crippen molar-refractivity contribution >= 4 is 0 Å². The van der Waals surface area contributed by atoms with Crippen LogP contribution in [0.15, 0.2) is 48.5 Å². The molecule has 0 fully saturated rings. The lowest BCUT2D eigenvalue weighted by Gasteiger charge is -2.08. The van der Waals surface area contributed by atoms with Crippen LogP contribution in [0.4, 0.5) is 0 Å². The van der Waals surface area contributed by atoms with Gasteiger partial charge in [-0.05, 0) is 57.0 Å². The predicted molar refractivity (Wildman–Crippen MR) is 95.5 cm³/mol. The summed E-state index contributed by atoms with van der Waals surface area (Å²) < 4.78 is 10.9. The molecule has 3 heteroatoms. The fraction of sp³-hybridized carbons (Fsp3) is 0.400. The molecule has 0 aliphatic heterocycles. The number of hydrogen-bond donors (Lipinski definition) is 1. The van der Waals surface area contributed by atoms with Crippen LogP contribution in [-0.4, -0.2) is 26.8 Å². The standard InChI is InChI=1S/C20H27NO2/c1-17-9-11-18(12-10-17)6-4-13-21-14-5-15-23-20-8-3-7-19(16-20)22-2/h3,7-12,16,21H,4-6,13-15H2,1-2H3. The van der Waals surface area contributed by atoms with E-state index in [1.807, 2.05) is 24.3 Å². The van der Waals surface area contributed by atoms with Crippen molar-refractivity contribution in [3.8, 4) is 11.5 Å². The molecule has 2 aromatic rings. The Bertz CT molecular complexity index is 566. The Kier molecular flexibility index (Phi) is 7.47. The van der Waals surface area contributed by atoms with E-state index in [1.54, 1.807) is 7.11 Å². The number of hydrogen-bond acceptors (Lipinski definition) is 3. The Morgan fingerprint density at radius 1 is 0.913 bits per heavy atom. The Hall–Kier alpha value is -2.00. The third kappa shape index (κ3) is 6.74. The molecule has 0 heterocycles. The van der Waals surface area contributed by atoms with Crippen LogP contribution in [0.3, 0.4) is 0 Å². The van der Waals surface area contributed by atoms with Gasteiger partial charge in [0.1, 0.15) is 11.5 Å². The van der Waals surface area contributed by atoms with Crippen molar-refractivity contribution in [3.05, 3.63) is 59.7 Å². The Balaban J connectivity index is 1.50. The number of benzene rings is 2. The maximum absolute atomic E-state index is 5.72. The summed E-state index contributed by atoms with van der Waals surface area (Å²) in [4.78, 5) is 0. The lowest BCUT2D eigenvalue weighted by Crippen LogP contribution is -2.19. The molecule has 2 aromatic carbocycles. The molecule has 0 bridgehead atoms. The topological polar surface area (TPSA) is 30.5 Å². The maximum atomic E-state index is 5.72. The van der Waals surface area contributed by atoms with Gasteiger partial charge in [-0.1, -0.05) is 35.9 Å². The summed E-state index contributed by atoms with van der Waals surface area (Å²) in [7, 11) is 1.67. The van der Waals surface area contributed by atoms with E-state index in [1.165, 1.54) is 17.5 Å². The van der Waals surface area contributed by atoms with E-state index >= 15 is 0 Å². The molecule has 0 aromatic heterocycles. The average molecular weight is 313 g/mol. The van der Waals surface area contributed by atoms with Crippen molar-refractivity contribution < 1.29 is 9.47 Å². The first-order valence-electron chi connectivity index (χ1n) is 8.31. The minimum absolute atomic E-state index is 0.720. The highest BCUT2D eigenvalue weighted by molar-refractivity contribution is 5.32. The molecule has 2 rings (SSSR count). The predicted octanol–water partition coefficient (Wildman–Crippen LogP) is 3.99. The fourth-order valence-corrected chi connectivity index (χ4v) is 2.38. The van der Waals surface area contributed by atoms with Gasteiger partial charge in [0.15, 0.2) is 0 Å². The quantitative estimate of drug-likeness (QED) is 0.673. The summed E-state index contributed by atoms with van der Waals surface area (Å²) in [5.74, 6) is 1.69. The van der Waals surface area contributed by atoms with Gasteiger partial charge in [0.25, 0.3) is 0 Å². The summed E-state index contributed by atoms with van der Waals surface area (Å²) in [6.07, 6.45) is 3.30. The monoisotopic (exact) mass is 313 g/mol. The van der Waals surface area contributed by atoms with E-state index in [-0.39, 0.29) is 0 Å². The van der Waals surface area contributed by atoms with Crippen LogP contribution >= 0.6 is 0 Å². The molecule has 0 spiro atoms. The third-order valence-corrected chi connectivity index (χ3v) is 3.75. The van der Waals surface area contributed by atoms with Crippen LogP contribution in [0.5, 0.6) is 11.5 Å². The zero-order valence-corrected chi connectivity index (χ0v) is 14.2. The molecule has 0 unspecified atom stereocenters. The highest BCUT2D eigenvalue weighted by atomic mass is 16.5. The van der Waals surface area contributed by atoms with Crippen molar-refractivity contribution in [2.45, 2.75) is 26.2 Å². The van der Waals surface area contributed by atoms with Gasteiger partial charge in [0.05, 0.1) is 13.7 Å². The van der Waals surface area contributed by atoms with E-state index in [0.717, 1.165) is 44.0 Å². The van der Waals surface area contributed by atoms with Crippen LogP contribution < -0.4 is 14.8 Å². The van der Waals surface area contributed by atoms with E-state index in [9.17, 15) is 0 Å². The molecule has 0 radical (unpaired) electrons. The maximum Gasteiger partial charge on any atom is 0.122 e. The highest BCUT2D eigenvalue weighted by Crippen LogP contribution is 2.18. The molecule has 0 amide bonds. The SMILES string of the molecule is COc1cccc(OCCCNCCCc2ccc(C)cc2)c1. The van der Waals surface area contributed by atoms with Gasteiger partial charge >= 0.3 is 0 Å². The Morgan fingerprint density at radius 2 is 1.65 bits per heavy atom. The molecule has 124 valence electrons. The zero-order valence-electron chi connectivity index (χ0n) is 14.2. The molecule has 0 saturated carbocycles. The molecule has 0 aliphatic rings. The van der Waals surface area contributed by atoms with Gasteiger partial charge in [-0.3, -0.25) is 0 Å². The first kappa shape index (κ1) is 17.4. The summed E-state index contributed by atoms with van der Waals surface area (Å²) in [6, 6.07) is 16.5. The highest BCUT2D eigenvalue weighted by Gasteiger charge is 1.97. The summed E-state index contributed by atoms with van der Waals surface area (Å²) in [5, 5.41) is 3.47. The smallest absolute Gasteiger partial charge is 0.122 e. The summed E-state index contributed by atoms with van der Waals surface area (Å²) in [6.45, 7) is 4.88. The van der Waals surface area contributed by atoms with Crippen LogP contribution in [0, 0.1) is 6.92 Å². The van der Waals surface area contributed by atoms with Gasteiger partial charge < -0.3 is 14.8 Å². The van der Waals surface area contributed by atoms with Crippen molar-refractivity contribution in [3.63, 3.8) is 0 Å². The first-order valence-corrected chi connectivity index (χ1v) is 8.31. The van der Waals surface area contributed by atoms with Crippen molar-refractivity contribution in [2.75, 3.05) is 26.8 Å². The largest absolute Gasteiger partial charge is 0.497 e. The second-order valence-corrected chi connectivity index (χ2v) is 5.72. The number of ether oxygens (including phenoxy) is 2. The van der Waals surface area contributed by atoms with Gasteiger partial charge in [0, 0.05) is 6.07 Å². The average Bonchev–Trinajstić information content (AvgIpc) is 2.59. The van der Waals surface area contributed by atoms with Gasteiger partial charge in [-0.2, -0.15) is 0 Å². The normalized spacial score (nSPS) is 10.5. The number of rotatable bonds is 10. The van der Waals surface area contributed by atoms with Crippen molar-refractivity contribution in [2.24, 2.45) is 0 Å². The minimum atomic E-state index is 0.720. The number of methoxy groups -OCH3 is 1. The molecule has 0 saturated heterocycles. The van der Waals surface area contributed by atoms with Crippen LogP contribution in [0.2, 0.25) is 0 Å². The van der Waals surface area contributed by atoms with Gasteiger partial charge in [0.2, 0.25) is 0 Å². The van der Waals surface area contributed by atoms with E-state index in [0.29, 0.717) is 0 Å². The van der Waals surface area contributed by atoms with Crippen molar-refractivity contribution in [1.29, 1.82) is 0 Å². The second kappa shape index (κ2) is 9.90. The summed E-state index contributed by atoms with van der Waals surface area (Å²) in [5.41, 5.74) is 2.74.